The summed E-state index contributed by atoms with van der Waals surface area (Å²) in [6, 6.07) is 17.8. The predicted molar refractivity (Wildman–Crippen MR) is 139 cm³/mol. The molecule has 1 fully saturated rings. The van der Waals surface area contributed by atoms with Crippen molar-refractivity contribution in [1.82, 2.24) is 9.88 Å². The number of hydrogen-bond acceptors (Lipinski definition) is 5. The lowest BCUT2D eigenvalue weighted by Crippen LogP contribution is -2.31. The number of para-hydroxylation sites is 2. The van der Waals surface area contributed by atoms with Crippen molar-refractivity contribution in [3.05, 3.63) is 77.3 Å². The third-order valence-corrected chi connectivity index (χ3v) is 6.74. The first-order chi connectivity index (χ1) is 16.5. The Balaban J connectivity index is 1.43. The molecule has 1 aromatic heterocycles. The van der Waals surface area contributed by atoms with Crippen LogP contribution in [0.1, 0.15) is 37.4 Å². The average molecular weight is 475 g/mol. The third kappa shape index (κ3) is 5.72. The summed E-state index contributed by atoms with van der Waals surface area (Å²) in [4.78, 5) is 35.3. The molecule has 3 aromatic rings. The molecule has 0 atom stereocenters. The summed E-state index contributed by atoms with van der Waals surface area (Å²) in [5.41, 5.74) is 3.80. The van der Waals surface area contributed by atoms with Crippen LogP contribution in [-0.4, -0.2) is 41.8 Å². The van der Waals surface area contributed by atoms with E-state index in [-0.39, 0.29) is 11.8 Å². The fraction of sp³-hybridized carbons (Fsp3) is 0.296. The number of rotatable bonds is 7. The van der Waals surface area contributed by atoms with E-state index in [4.69, 9.17) is 0 Å². The molecule has 0 bridgehead atoms. The lowest BCUT2D eigenvalue weighted by Gasteiger charge is -2.31. The van der Waals surface area contributed by atoms with Crippen molar-refractivity contribution < 1.29 is 9.59 Å². The smallest absolute Gasteiger partial charge is 0.246 e. The first-order valence-electron chi connectivity index (χ1n) is 11.6. The van der Waals surface area contributed by atoms with Crippen LogP contribution < -0.4 is 9.80 Å². The minimum Gasteiger partial charge on any atom is -0.371 e. The molecule has 0 radical (unpaired) electrons. The average Bonchev–Trinajstić information content (AvgIpc) is 3.32. The van der Waals surface area contributed by atoms with E-state index in [0.717, 1.165) is 24.3 Å². The maximum absolute atomic E-state index is 12.8. The maximum Gasteiger partial charge on any atom is 0.246 e. The molecule has 176 valence electrons. The summed E-state index contributed by atoms with van der Waals surface area (Å²) in [5.74, 6) is -0.200. The molecule has 2 aromatic carbocycles. The van der Waals surface area contributed by atoms with Crippen molar-refractivity contribution >= 4 is 45.7 Å². The molecule has 6 nitrogen and oxygen atoms in total. The van der Waals surface area contributed by atoms with Crippen LogP contribution in [0.25, 0.3) is 6.08 Å². The number of anilines is 3. The van der Waals surface area contributed by atoms with Crippen molar-refractivity contribution in [1.29, 1.82) is 0 Å². The molecule has 34 heavy (non-hydrogen) atoms. The second-order valence-corrected chi connectivity index (χ2v) is 9.29. The van der Waals surface area contributed by atoms with Crippen LogP contribution in [-0.2, 0) is 16.1 Å². The molecule has 1 aliphatic heterocycles. The molecular formula is C27H30N4O2S. The Morgan fingerprint density at radius 3 is 2.47 bits per heavy atom. The van der Waals surface area contributed by atoms with Crippen LogP contribution in [0.5, 0.6) is 0 Å². The number of carbonyl (C=O) groups excluding carboxylic acids is 2. The zero-order valence-electron chi connectivity index (χ0n) is 19.7. The molecule has 0 saturated carbocycles. The third-order valence-electron chi connectivity index (χ3n) is 5.90. The van der Waals surface area contributed by atoms with Crippen LogP contribution >= 0.6 is 11.3 Å². The standard InChI is InChI=1S/C27H30N4O2S/c1-21(32)31(24-12-5-3-6-13-24)27-28-23(20-34-27)15-16-26(33)29(2)19-22-11-7-8-14-25(22)30-17-9-4-10-18-30/h3,5-8,11-16,20H,4,9-10,17-19H2,1-2H3/b16-15+. The molecule has 7 heteroatoms. The number of hydrogen-bond donors (Lipinski definition) is 0. The van der Waals surface area contributed by atoms with Crippen LogP contribution in [0.2, 0.25) is 0 Å². The van der Waals surface area contributed by atoms with Gasteiger partial charge in [0.15, 0.2) is 5.13 Å². The van der Waals surface area contributed by atoms with E-state index < -0.39 is 0 Å². The van der Waals surface area contributed by atoms with Crippen LogP contribution in [0.15, 0.2) is 66.1 Å². The highest BCUT2D eigenvalue weighted by molar-refractivity contribution is 7.14. The highest BCUT2D eigenvalue weighted by Gasteiger charge is 2.18. The van der Waals surface area contributed by atoms with Gasteiger partial charge < -0.3 is 9.80 Å². The quantitative estimate of drug-likeness (QED) is 0.425. The molecule has 0 aliphatic carbocycles. The van der Waals surface area contributed by atoms with E-state index >= 15 is 0 Å². The molecule has 2 amide bonds. The van der Waals surface area contributed by atoms with Gasteiger partial charge in [-0.05, 0) is 49.1 Å². The summed E-state index contributed by atoms with van der Waals surface area (Å²) in [6.07, 6.45) is 6.97. The van der Waals surface area contributed by atoms with Gasteiger partial charge in [-0.3, -0.25) is 14.5 Å². The highest BCUT2D eigenvalue weighted by atomic mass is 32.1. The van der Waals surface area contributed by atoms with E-state index in [2.05, 4.69) is 28.1 Å². The van der Waals surface area contributed by atoms with Gasteiger partial charge in [0.2, 0.25) is 11.8 Å². The van der Waals surface area contributed by atoms with E-state index in [1.807, 2.05) is 48.8 Å². The van der Waals surface area contributed by atoms with Gasteiger partial charge in [-0.2, -0.15) is 0 Å². The summed E-state index contributed by atoms with van der Waals surface area (Å²) >= 11 is 1.37. The Kier molecular flexibility index (Phi) is 7.75. The summed E-state index contributed by atoms with van der Waals surface area (Å²) in [5, 5.41) is 2.43. The second kappa shape index (κ2) is 11.1. The Morgan fingerprint density at radius 1 is 1.03 bits per heavy atom. The van der Waals surface area contributed by atoms with Gasteiger partial charge in [-0.15, -0.1) is 11.3 Å². The molecule has 1 saturated heterocycles. The fourth-order valence-corrected chi connectivity index (χ4v) is 5.02. The fourth-order valence-electron chi connectivity index (χ4n) is 4.16. The van der Waals surface area contributed by atoms with Gasteiger partial charge in [0, 0.05) is 50.7 Å². The normalized spacial score (nSPS) is 13.8. The van der Waals surface area contributed by atoms with Crippen molar-refractivity contribution in [3.63, 3.8) is 0 Å². The first kappa shape index (κ1) is 23.7. The lowest BCUT2D eigenvalue weighted by molar-refractivity contribution is -0.125. The minimum absolute atomic E-state index is 0.0884. The summed E-state index contributed by atoms with van der Waals surface area (Å²) < 4.78 is 0. The van der Waals surface area contributed by atoms with Crippen molar-refractivity contribution in [2.45, 2.75) is 32.7 Å². The molecular weight excluding hydrogens is 444 g/mol. The Hall–Kier alpha value is -3.45. The zero-order valence-corrected chi connectivity index (χ0v) is 20.5. The number of nitrogens with zero attached hydrogens (tertiary/aromatic N) is 4. The van der Waals surface area contributed by atoms with E-state index in [9.17, 15) is 9.59 Å². The van der Waals surface area contributed by atoms with Crippen LogP contribution in [0, 0.1) is 0 Å². The highest BCUT2D eigenvalue weighted by Crippen LogP contribution is 2.29. The topological polar surface area (TPSA) is 56.8 Å². The molecule has 2 heterocycles. The predicted octanol–water partition coefficient (Wildman–Crippen LogP) is 5.49. The Bertz CT molecular complexity index is 1150. The van der Waals surface area contributed by atoms with Crippen molar-refractivity contribution in [2.24, 2.45) is 0 Å². The Morgan fingerprint density at radius 2 is 1.74 bits per heavy atom. The van der Waals surface area contributed by atoms with Gasteiger partial charge in [0.25, 0.3) is 0 Å². The molecule has 4 rings (SSSR count). The Labute approximate surface area is 205 Å². The largest absolute Gasteiger partial charge is 0.371 e. The number of amides is 2. The van der Waals surface area contributed by atoms with E-state index in [1.54, 1.807) is 22.0 Å². The summed E-state index contributed by atoms with van der Waals surface area (Å²) in [7, 11) is 1.82. The number of benzene rings is 2. The van der Waals surface area contributed by atoms with Crippen molar-refractivity contribution in [3.8, 4) is 0 Å². The van der Waals surface area contributed by atoms with Gasteiger partial charge in [-0.1, -0.05) is 36.4 Å². The number of carbonyl (C=O) groups is 2. The van der Waals surface area contributed by atoms with E-state index in [0.29, 0.717) is 17.4 Å². The maximum atomic E-state index is 12.8. The van der Waals surface area contributed by atoms with Gasteiger partial charge in [-0.25, -0.2) is 4.98 Å². The lowest BCUT2D eigenvalue weighted by atomic mass is 10.1. The van der Waals surface area contributed by atoms with Crippen molar-refractivity contribution in [2.75, 3.05) is 29.9 Å². The van der Waals surface area contributed by atoms with Crippen LogP contribution in [0.3, 0.4) is 0 Å². The number of thiazole rings is 1. The van der Waals surface area contributed by atoms with E-state index in [1.165, 1.54) is 43.2 Å². The number of piperidine rings is 1. The van der Waals surface area contributed by atoms with Gasteiger partial charge in [0.1, 0.15) is 0 Å². The molecule has 0 spiro atoms. The number of aromatic nitrogens is 1. The number of likely N-dealkylation sites (N-methyl/N-ethyl adjacent to an activating group) is 1. The first-order valence-corrected chi connectivity index (χ1v) is 12.5. The van der Waals surface area contributed by atoms with Gasteiger partial charge >= 0.3 is 0 Å². The SMILES string of the molecule is CC(=O)N(c1ccccc1)c1nc(/C=C/C(=O)N(C)Cc2ccccc2N2CCCCC2)cs1. The summed E-state index contributed by atoms with van der Waals surface area (Å²) in [6.45, 7) is 4.20. The second-order valence-electron chi connectivity index (χ2n) is 8.45. The zero-order chi connectivity index (χ0) is 23.9. The monoisotopic (exact) mass is 474 g/mol. The molecule has 1 aliphatic rings. The minimum atomic E-state index is -0.112. The molecule has 0 N–H and O–H groups in total. The van der Waals surface area contributed by atoms with Crippen LogP contribution in [0.4, 0.5) is 16.5 Å². The van der Waals surface area contributed by atoms with Gasteiger partial charge in [0.05, 0.1) is 11.4 Å². The molecule has 0 unspecified atom stereocenters.